The van der Waals surface area contributed by atoms with Gasteiger partial charge in [-0.15, -0.1) is 0 Å². The summed E-state index contributed by atoms with van der Waals surface area (Å²) in [6.07, 6.45) is 0.612. The van der Waals surface area contributed by atoms with Gasteiger partial charge in [0, 0.05) is 18.7 Å². The summed E-state index contributed by atoms with van der Waals surface area (Å²) in [6, 6.07) is 4.98. The highest BCUT2D eigenvalue weighted by atomic mass is 16.5. The number of ether oxygens (including phenoxy) is 1. The summed E-state index contributed by atoms with van der Waals surface area (Å²) < 4.78 is 5.25. The molecular weight excluding hydrogens is 256 g/mol. The first-order valence-electron chi connectivity index (χ1n) is 6.81. The van der Waals surface area contributed by atoms with E-state index in [1.165, 1.54) is 0 Å². The number of nitrogens with one attached hydrogen (secondary N) is 1. The summed E-state index contributed by atoms with van der Waals surface area (Å²) in [5.74, 6) is 0.488. The van der Waals surface area contributed by atoms with E-state index in [-0.39, 0.29) is 17.9 Å². The third-order valence-corrected chi connectivity index (χ3v) is 3.63. The van der Waals surface area contributed by atoms with Gasteiger partial charge in [-0.05, 0) is 31.0 Å². The Morgan fingerprint density at radius 3 is 2.90 bits per heavy atom. The summed E-state index contributed by atoms with van der Waals surface area (Å²) in [4.78, 5) is 26.0. The van der Waals surface area contributed by atoms with Crippen molar-refractivity contribution in [1.29, 1.82) is 0 Å². The number of piperazine rings is 1. The highest BCUT2D eigenvalue weighted by molar-refractivity contribution is 5.98. The second-order valence-corrected chi connectivity index (χ2v) is 4.90. The fraction of sp³-hybridized carbons (Fsp3) is 0.467. The molecule has 2 rings (SSSR count). The minimum Gasteiger partial charge on any atom is -0.496 e. The van der Waals surface area contributed by atoms with E-state index in [0.717, 1.165) is 5.56 Å². The molecule has 1 atom stereocenters. The van der Waals surface area contributed by atoms with Gasteiger partial charge in [-0.2, -0.15) is 0 Å². The van der Waals surface area contributed by atoms with Gasteiger partial charge in [0.25, 0.3) is 5.91 Å². The molecule has 1 heterocycles. The van der Waals surface area contributed by atoms with Crippen LogP contribution < -0.4 is 10.1 Å². The highest BCUT2D eigenvalue weighted by Crippen LogP contribution is 2.21. The summed E-state index contributed by atoms with van der Waals surface area (Å²) >= 11 is 0. The zero-order chi connectivity index (χ0) is 14.7. The second-order valence-electron chi connectivity index (χ2n) is 4.90. The molecule has 5 heteroatoms. The average Bonchev–Trinajstić information content (AvgIpc) is 2.46. The summed E-state index contributed by atoms with van der Waals surface area (Å²) in [5.41, 5.74) is 1.54. The zero-order valence-electron chi connectivity index (χ0n) is 12.1. The predicted molar refractivity (Wildman–Crippen MR) is 75.9 cm³/mol. The van der Waals surface area contributed by atoms with E-state index in [1.54, 1.807) is 24.1 Å². The Bertz CT molecular complexity index is 528. The first kappa shape index (κ1) is 14.4. The minimum atomic E-state index is -0.386. The summed E-state index contributed by atoms with van der Waals surface area (Å²) in [5, 5.41) is 2.79. The van der Waals surface area contributed by atoms with E-state index in [2.05, 4.69) is 5.32 Å². The van der Waals surface area contributed by atoms with Gasteiger partial charge in [-0.25, -0.2) is 0 Å². The molecule has 1 aromatic rings. The third-order valence-electron chi connectivity index (χ3n) is 3.63. The minimum absolute atomic E-state index is 0.0776. The van der Waals surface area contributed by atoms with Gasteiger partial charge < -0.3 is 15.0 Å². The van der Waals surface area contributed by atoms with Crippen molar-refractivity contribution in [1.82, 2.24) is 10.2 Å². The monoisotopic (exact) mass is 276 g/mol. The standard InChI is InChI=1S/C15H20N2O3/c1-4-12-14(18)16-7-8-17(12)15(19)11-6-5-10(2)13(9-11)20-3/h5-6,9,12H,4,7-8H2,1-3H3,(H,16,18)/t12-/m0/s1. The van der Waals surface area contributed by atoms with Crippen LogP contribution in [0.4, 0.5) is 0 Å². The maximum atomic E-state index is 12.6. The van der Waals surface area contributed by atoms with E-state index in [0.29, 0.717) is 30.8 Å². The van der Waals surface area contributed by atoms with Gasteiger partial charge >= 0.3 is 0 Å². The smallest absolute Gasteiger partial charge is 0.254 e. The van der Waals surface area contributed by atoms with Crippen molar-refractivity contribution in [3.8, 4) is 5.75 Å². The number of rotatable bonds is 3. The van der Waals surface area contributed by atoms with Crippen LogP contribution in [-0.4, -0.2) is 43.0 Å². The normalized spacial score (nSPS) is 18.6. The Morgan fingerprint density at radius 1 is 1.50 bits per heavy atom. The number of nitrogens with zero attached hydrogens (tertiary/aromatic N) is 1. The molecular formula is C15H20N2O3. The molecule has 1 aromatic carbocycles. The molecule has 0 aromatic heterocycles. The maximum Gasteiger partial charge on any atom is 0.254 e. The molecule has 1 fully saturated rings. The van der Waals surface area contributed by atoms with Crippen molar-refractivity contribution >= 4 is 11.8 Å². The Morgan fingerprint density at radius 2 is 2.25 bits per heavy atom. The number of carbonyl (C=O) groups is 2. The molecule has 108 valence electrons. The van der Waals surface area contributed by atoms with Crippen molar-refractivity contribution in [2.45, 2.75) is 26.3 Å². The molecule has 1 aliphatic rings. The quantitative estimate of drug-likeness (QED) is 0.906. The molecule has 0 aliphatic carbocycles. The van der Waals surface area contributed by atoms with Crippen molar-refractivity contribution in [3.63, 3.8) is 0 Å². The zero-order valence-corrected chi connectivity index (χ0v) is 12.1. The maximum absolute atomic E-state index is 12.6. The van der Waals surface area contributed by atoms with E-state index in [9.17, 15) is 9.59 Å². The van der Waals surface area contributed by atoms with Gasteiger partial charge in [-0.1, -0.05) is 13.0 Å². The number of benzene rings is 1. The Hall–Kier alpha value is -2.04. The molecule has 5 nitrogen and oxygen atoms in total. The lowest BCUT2D eigenvalue weighted by atomic mass is 10.1. The van der Waals surface area contributed by atoms with Crippen LogP contribution in [0.15, 0.2) is 18.2 Å². The average molecular weight is 276 g/mol. The number of aryl methyl sites for hydroxylation is 1. The molecule has 1 N–H and O–H groups in total. The molecule has 0 saturated carbocycles. The van der Waals surface area contributed by atoms with Crippen LogP contribution in [0.5, 0.6) is 5.75 Å². The van der Waals surface area contributed by atoms with Gasteiger partial charge in [0.05, 0.1) is 7.11 Å². The van der Waals surface area contributed by atoms with Crippen LogP contribution in [-0.2, 0) is 4.79 Å². The molecule has 1 aliphatic heterocycles. The lowest BCUT2D eigenvalue weighted by Crippen LogP contribution is -2.56. The van der Waals surface area contributed by atoms with Crippen LogP contribution in [0.1, 0.15) is 29.3 Å². The molecule has 0 spiro atoms. The number of carbonyl (C=O) groups excluding carboxylic acids is 2. The SMILES string of the molecule is CC[C@H]1C(=O)NCCN1C(=O)c1ccc(C)c(OC)c1. The fourth-order valence-corrected chi connectivity index (χ4v) is 2.48. The lowest BCUT2D eigenvalue weighted by molar-refractivity contribution is -0.127. The molecule has 0 unspecified atom stereocenters. The van der Waals surface area contributed by atoms with Crippen LogP contribution in [0.25, 0.3) is 0 Å². The predicted octanol–water partition coefficient (Wildman–Crippen LogP) is 1.35. The van der Waals surface area contributed by atoms with E-state index in [4.69, 9.17) is 4.74 Å². The highest BCUT2D eigenvalue weighted by Gasteiger charge is 2.32. The van der Waals surface area contributed by atoms with Crippen molar-refractivity contribution in [2.75, 3.05) is 20.2 Å². The molecule has 2 amide bonds. The van der Waals surface area contributed by atoms with E-state index < -0.39 is 0 Å². The van der Waals surface area contributed by atoms with Gasteiger partial charge in [0.2, 0.25) is 5.91 Å². The van der Waals surface area contributed by atoms with Crippen LogP contribution >= 0.6 is 0 Å². The largest absolute Gasteiger partial charge is 0.496 e. The van der Waals surface area contributed by atoms with Crippen molar-refractivity contribution < 1.29 is 14.3 Å². The van der Waals surface area contributed by atoms with Crippen molar-refractivity contribution in [2.24, 2.45) is 0 Å². The Balaban J connectivity index is 2.28. The topological polar surface area (TPSA) is 58.6 Å². The van der Waals surface area contributed by atoms with Crippen LogP contribution in [0.3, 0.4) is 0 Å². The molecule has 1 saturated heterocycles. The Kier molecular flexibility index (Phi) is 4.27. The van der Waals surface area contributed by atoms with Crippen LogP contribution in [0.2, 0.25) is 0 Å². The fourth-order valence-electron chi connectivity index (χ4n) is 2.48. The molecule has 0 bridgehead atoms. The van der Waals surface area contributed by atoms with Crippen molar-refractivity contribution in [3.05, 3.63) is 29.3 Å². The number of methoxy groups -OCH3 is 1. The first-order valence-corrected chi connectivity index (χ1v) is 6.81. The second kappa shape index (κ2) is 5.94. The van der Waals surface area contributed by atoms with Gasteiger partial charge in [0.15, 0.2) is 0 Å². The number of amides is 2. The number of hydrogen-bond donors (Lipinski definition) is 1. The molecule has 0 radical (unpaired) electrons. The lowest BCUT2D eigenvalue weighted by Gasteiger charge is -2.34. The first-order chi connectivity index (χ1) is 9.58. The summed E-state index contributed by atoms with van der Waals surface area (Å²) in [6.45, 7) is 4.88. The van der Waals surface area contributed by atoms with E-state index >= 15 is 0 Å². The van der Waals surface area contributed by atoms with Gasteiger partial charge in [-0.3, -0.25) is 9.59 Å². The molecule has 20 heavy (non-hydrogen) atoms. The number of hydrogen-bond acceptors (Lipinski definition) is 3. The van der Waals surface area contributed by atoms with Crippen LogP contribution in [0, 0.1) is 6.92 Å². The Labute approximate surface area is 118 Å². The van der Waals surface area contributed by atoms with Gasteiger partial charge in [0.1, 0.15) is 11.8 Å². The summed E-state index contributed by atoms with van der Waals surface area (Å²) in [7, 11) is 1.58. The third kappa shape index (κ3) is 2.61. The van der Waals surface area contributed by atoms with E-state index in [1.807, 2.05) is 19.9 Å².